The zero-order chi connectivity index (χ0) is 22.2. The van der Waals surface area contributed by atoms with Gasteiger partial charge in [0.1, 0.15) is 5.82 Å². The quantitative estimate of drug-likeness (QED) is 0.456. The normalized spacial score (nSPS) is 13.1. The third-order valence-corrected chi connectivity index (χ3v) is 6.03. The minimum atomic E-state index is -0.420. The van der Waals surface area contributed by atoms with Gasteiger partial charge in [-0.3, -0.25) is 9.59 Å². The molecule has 0 fully saturated rings. The third-order valence-electron chi connectivity index (χ3n) is 6.03. The summed E-state index contributed by atoms with van der Waals surface area (Å²) >= 11 is 0. The second-order valence-electron chi connectivity index (χ2n) is 8.02. The minimum absolute atomic E-state index is 0.0783. The lowest BCUT2D eigenvalue weighted by molar-refractivity contribution is 0.0986. The fraction of sp³-hybridized carbons (Fsp3) is 0.154. The van der Waals surface area contributed by atoms with Crippen molar-refractivity contribution >= 4 is 34.1 Å². The number of amides is 2. The van der Waals surface area contributed by atoms with E-state index in [9.17, 15) is 14.0 Å². The topological polar surface area (TPSA) is 65.2 Å². The Morgan fingerprint density at radius 3 is 2.62 bits per heavy atom. The molecular weight excluding hydrogens is 405 g/mol. The van der Waals surface area contributed by atoms with Gasteiger partial charge in [-0.2, -0.15) is 0 Å². The van der Waals surface area contributed by atoms with Crippen LogP contribution in [0.3, 0.4) is 0 Å². The molecule has 160 valence electrons. The summed E-state index contributed by atoms with van der Waals surface area (Å²) in [5.74, 6) is -0.887. The highest BCUT2D eigenvalue weighted by atomic mass is 19.1. The Bertz CT molecular complexity index is 1340. The van der Waals surface area contributed by atoms with Crippen molar-refractivity contribution in [1.82, 2.24) is 4.98 Å². The average molecular weight is 427 g/mol. The fourth-order valence-electron chi connectivity index (χ4n) is 4.32. The average Bonchev–Trinajstić information content (AvgIpc) is 3.12. The van der Waals surface area contributed by atoms with Crippen molar-refractivity contribution in [3.05, 3.63) is 94.9 Å². The van der Waals surface area contributed by atoms with Crippen LogP contribution in [-0.2, 0) is 6.42 Å². The summed E-state index contributed by atoms with van der Waals surface area (Å²) in [5, 5.41) is 3.88. The molecule has 5 rings (SSSR count). The standard InChI is InChI=1S/C26H22FN3O2/c1-16-20(6-2-7-21(16)27)25(31)29-19-12-10-17(11-13-19)26(32)30-14-4-5-18-15-28-22-8-3-9-23(30)24(18)22/h2-3,6-13,15,28H,4-5,14H2,1H3,(H,29,31). The lowest BCUT2D eigenvalue weighted by Crippen LogP contribution is -2.31. The molecule has 32 heavy (non-hydrogen) atoms. The number of aromatic nitrogens is 1. The Hall–Kier alpha value is -3.93. The Morgan fingerprint density at radius 1 is 1.03 bits per heavy atom. The molecule has 0 saturated heterocycles. The van der Waals surface area contributed by atoms with Crippen molar-refractivity contribution in [2.45, 2.75) is 19.8 Å². The first-order chi connectivity index (χ1) is 15.5. The van der Waals surface area contributed by atoms with E-state index in [0.717, 1.165) is 29.4 Å². The monoisotopic (exact) mass is 427 g/mol. The lowest BCUT2D eigenvalue weighted by atomic mass is 10.1. The molecule has 5 nitrogen and oxygen atoms in total. The van der Waals surface area contributed by atoms with Gasteiger partial charge in [-0.05, 0) is 79.4 Å². The van der Waals surface area contributed by atoms with Crippen molar-refractivity contribution in [2.75, 3.05) is 16.8 Å². The summed E-state index contributed by atoms with van der Waals surface area (Å²) < 4.78 is 13.8. The predicted octanol–water partition coefficient (Wildman–Crippen LogP) is 5.46. The molecule has 2 heterocycles. The largest absolute Gasteiger partial charge is 0.361 e. The Kier molecular flexibility index (Phi) is 4.98. The summed E-state index contributed by atoms with van der Waals surface area (Å²) in [7, 11) is 0. The molecule has 0 spiro atoms. The van der Waals surface area contributed by atoms with E-state index >= 15 is 0 Å². The zero-order valence-corrected chi connectivity index (χ0v) is 17.6. The smallest absolute Gasteiger partial charge is 0.258 e. The van der Waals surface area contributed by atoms with Crippen LogP contribution in [0.4, 0.5) is 15.8 Å². The summed E-state index contributed by atoms with van der Waals surface area (Å²) in [5.41, 5.74) is 4.85. The number of aromatic amines is 1. The number of aryl methyl sites for hydroxylation is 1. The molecule has 0 aliphatic carbocycles. The molecule has 2 amide bonds. The fourth-order valence-corrected chi connectivity index (χ4v) is 4.32. The van der Waals surface area contributed by atoms with Crippen LogP contribution in [0.25, 0.3) is 10.9 Å². The summed E-state index contributed by atoms with van der Waals surface area (Å²) in [6, 6.07) is 17.2. The number of H-pyrrole nitrogens is 1. The summed E-state index contributed by atoms with van der Waals surface area (Å²) in [4.78, 5) is 31.0. The molecular formula is C26H22FN3O2. The van der Waals surface area contributed by atoms with E-state index in [1.54, 1.807) is 37.3 Å². The van der Waals surface area contributed by atoms with Gasteiger partial charge in [0.05, 0.1) is 5.69 Å². The van der Waals surface area contributed by atoms with Crippen LogP contribution in [-0.4, -0.2) is 23.3 Å². The first-order valence-corrected chi connectivity index (χ1v) is 10.6. The summed E-state index contributed by atoms with van der Waals surface area (Å²) in [6.07, 6.45) is 3.83. The number of hydrogen-bond donors (Lipinski definition) is 2. The Morgan fingerprint density at radius 2 is 1.81 bits per heavy atom. The number of carbonyl (C=O) groups excluding carboxylic acids is 2. The van der Waals surface area contributed by atoms with E-state index in [4.69, 9.17) is 0 Å². The van der Waals surface area contributed by atoms with E-state index in [0.29, 0.717) is 23.4 Å². The van der Waals surface area contributed by atoms with Gasteiger partial charge in [0, 0.05) is 40.5 Å². The van der Waals surface area contributed by atoms with E-state index in [1.807, 2.05) is 29.3 Å². The minimum Gasteiger partial charge on any atom is -0.361 e. The number of carbonyl (C=O) groups is 2. The van der Waals surface area contributed by atoms with Gasteiger partial charge in [0.25, 0.3) is 11.8 Å². The molecule has 1 aliphatic rings. The first-order valence-electron chi connectivity index (χ1n) is 10.6. The molecule has 2 N–H and O–H groups in total. The molecule has 3 aromatic carbocycles. The van der Waals surface area contributed by atoms with Gasteiger partial charge in [-0.1, -0.05) is 12.1 Å². The number of anilines is 2. The molecule has 1 aromatic heterocycles. The first kappa shape index (κ1) is 20.0. The maximum atomic E-state index is 13.8. The van der Waals surface area contributed by atoms with Crippen LogP contribution >= 0.6 is 0 Å². The molecule has 0 unspecified atom stereocenters. The van der Waals surface area contributed by atoms with Gasteiger partial charge >= 0.3 is 0 Å². The lowest BCUT2D eigenvalue weighted by Gasteiger charge is -2.22. The van der Waals surface area contributed by atoms with Crippen LogP contribution < -0.4 is 10.2 Å². The molecule has 4 aromatic rings. The number of nitrogens with one attached hydrogen (secondary N) is 2. The van der Waals surface area contributed by atoms with E-state index < -0.39 is 5.82 Å². The van der Waals surface area contributed by atoms with E-state index in [-0.39, 0.29) is 17.4 Å². The van der Waals surface area contributed by atoms with Crippen LogP contribution in [0, 0.1) is 12.7 Å². The van der Waals surface area contributed by atoms with E-state index in [1.165, 1.54) is 17.7 Å². The molecule has 0 radical (unpaired) electrons. The van der Waals surface area contributed by atoms with Gasteiger partial charge in [-0.25, -0.2) is 4.39 Å². The van der Waals surface area contributed by atoms with Gasteiger partial charge < -0.3 is 15.2 Å². The number of rotatable bonds is 3. The molecule has 6 heteroatoms. The molecule has 0 atom stereocenters. The van der Waals surface area contributed by atoms with Gasteiger partial charge in [0.15, 0.2) is 0 Å². The van der Waals surface area contributed by atoms with Crippen molar-refractivity contribution in [3.63, 3.8) is 0 Å². The number of nitrogens with zero attached hydrogens (tertiary/aromatic N) is 1. The highest BCUT2D eigenvalue weighted by molar-refractivity contribution is 6.12. The maximum Gasteiger partial charge on any atom is 0.258 e. The second kappa shape index (κ2) is 7.96. The summed E-state index contributed by atoms with van der Waals surface area (Å²) in [6.45, 7) is 2.22. The second-order valence-corrected chi connectivity index (χ2v) is 8.02. The molecule has 0 saturated carbocycles. The molecule has 0 bridgehead atoms. The van der Waals surface area contributed by atoms with Crippen LogP contribution in [0.2, 0.25) is 0 Å². The Balaban J connectivity index is 1.38. The van der Waals surface area contributed by atoms with Gasteiger partial charge in [-0.15, -0.1) is 0 Å². The number of benzene rings is 3. The van der Waals surface area contributed by atoms with Crippen molar-refractivity contribution in [1.29, 1.82) is 0 Å². The van der Waals surface area contributed by atoms with Crippen LogP contribution in [0.5, 0.6) is 0 Å². The maximum absolute atomic E-state index is 13.8. The van der Waals surface area contributed by atoms with Crippen molar-refractivity contribution < 1.29 is 14.0 Å². The van der Waals surface area contributed by atoms with Gasteiger partial charge in [0.2, 0.25) is 0 Å². The molecule has 1 aliphatic heterocycles. The third kappa shape index (κ3) is 3.43. The van der Waals surface area contributed by atoms with Crippen LogP contribution in [0.1, 0.15) is 38.3 Å². The number of halogens is 1. The van der Waals surface area contributed by atoms with Crippen molar-refractivity contribution in [2.24, 2.45) is 0 Å². The predicted molar refractivity (Wildman–Crippen MR) is 124 cm³/mol. The highest BCUT2D eigenvalue weighted by Crippen LogP contribution is 2.34. The van der Waals surface area contributed by atoms with Crippen LogP contribution in [0.15, 0.2) is 66.9 Å². The Labute approximate surface area is 184 Å². The SMILES string of the molecule is Cc1c(F)cccc1C(=O)Nc1ccc(C(=O)N2CCCc3c[nH]c4cccc2c34)cc1. The van der Waals surface area contributed by atoms with Crippen molar-refractivity contribution in [3.8, 4) is 0 Å². The van der Waals surface area contributed by atoms with E-state index in [2.05, 4.69) is 10.3 Å². The highest BCUT2D eigenvalue weighted by Gasteiger charge is 2.24. The number of hydrogen-bond acceptors (Lipinski definition) is 2. The zero-order valence-electron chi connectivity index (χ0n) is 17.6.